The minimum absolute atomic E-state index is 0.0829. The van der Waals surface area contributed by atoms with E-state index in [2.05, 4.69) is 0 Å². The van der Waals surface area contributed by atoms with Crippen LogP contribution in [0.3, 0.4) is 0 Å². The van der Waals surface area contributed by atoms with Crippen LogP contribution in [0.2, 0.25) is 0 Å². The molecule has 1 atom stereocenters. The first-order chi connectivity index (χ1) is 8.47. The number of Topliss-reactive ketones (excluding diaryl/α,β-unsaturated/α-hetero) is 1. The van der Waals surface area contributed by atoms with Crippen LogP contribution in [0, 0.1) is 10.1 Å². The zero-order valence-electron chi connectivity index (χ0n) is 9.16. The van der Waals surface area contributed by atoms with Crippen LogP contribution < -0.4 is 4.74 Å². The lowest BCUT2D eigenvalue weighted by molar-refractivity contribution is -0.384. The third-order valence-corrected chi connectivity index (χ3v) is 2.58. The van der Waals surface area contributed by atoms with Crippen LogP contribution >= 0.6 is 0 Å². The number of hydrogen-bond acceptors (Lipinski definition) is 5. The summed E-state index contributed by atoms with van der Waals surface area (Å²) in [5.74, 6) is -1.20. The van der Waals surface area contributed by atoms with E-state index in [4.69, 9.17) is 9.84 Å². The first-order valence-corrected chi connectivity index (χ1v) is 5.17. The first-order valence-electron chi connectivity index (χ1n) is 5.17. The van der Waals surface area contributed by atoms with Gasteiger partial charge >= 0.3 is 5.97 Å². The monoisotopic (exact) mass is 251 g/mol. The van der Waals surface area contributed by atoms with Crippen molar-refractivity contribution in [2.24, 2.45) is 0 Å². The average molecular weight is 251 g/mol. The van der Waals surface area contributed by atoms with Crippen molar-refractivity contribution in [1.29, 1.82) is 0 Å². The largest absolute Gasteiger partial charge is 0.489 e. The Hall–Kier alpha value is -2.44. The van der Waals surface area contributed by atoms with Crippen molar-refractivity contribution in [3.05, 3.63) is 33.9 Å². The predicted molar refractivity (Wildman–Crippen MR) is 58.7 cm³/mol. The molecule has 2 rings (SSSR count). The lowest BCUT2D eigenvalue weighted by Gasteiger charge is -2.23. The van der Waals surface area contributed by atoms with E-state index in [1.54, 1.807) is 0 Å². The Kier molecular flexibility index (Phi) is 2.97. The number of hydrogen-bond donors (Lipinski definition) is 1. The number of nitro groups is 1. The van der Waals surface area contributed by atoms with Gasteiger partial charge in [-0.25, -0.2) is 0 Å². The van der Waals surface area contributed by atoms with Crippen molar-refractivity contribution in [2.75, 3.05) is 0 Å². The number of carbonyl (C=O) groups excluding carboxylic acids is 1. The van der Waals surface area contributed by atoms with Crippen LogP contribution in [0.5, 0.6) is 5.75 Å². The summed E-state index contributed by atoms with van der Waals surface area (Å²) >= 11 is 0. The van der Waals surface area contributed by atoms with Crippen LogP contribution in [-0.4, -0.2) is 27.9 Å². The zero-order valence-corrected chi connectivity index (χ0v) is 9.16. The number of nitro benzene ring substituents is 1. The van der Waals surface area contributed by atoms with E-state index in [1.807, 2.05) is 0 Å². The molecule has 0 amide bonds. The quantitative estimate of drug-likeness (QED) is 0.642. The number of carboxylic acids is 1. The summed E-state index contributed by atoms with van der Waals surface area (Å²) in [5.41, 5.74) is -0.0618. The maximum Gasteiger partial charge on any atom is 0.307 e. The van der Waals surface area contributed by atoms with Gasteiger partial charge in [0.2, 0.25) is 0 Å². The van der Waals surface area contributed by atoms with Gasteiger partial charge in [0, 0.05) is 18.6 Å². The smallest absolute Gasteiger partial charge is 0.307 e. The number of ketones is 1. The van der Waals surface area contributed by atoms with E-state index >= 15 is 0 Å². The lowest BCUT2D eigenvalue weighted by atomic mass is 9.98. The molecule has 0 radical (unpaired) electrons. The summed E-state index contributed by atoms with van der Waals surface area (Å²) in [6, 6.07) is 3.68. The van der Waals surface area contributed by atoms with Crippen molar-refractivity contribution in [1.82, 2.24) is 0 Å². The predicted octanol–water partition coefficient (Wildman–Crippen LogP) is 1.40. The molecule has 1 aromatic rings. The summed E-state index contributed by atoms with van der Waals surface area (Å²) in [5, 5.41) is 19.2. The fourth-order valence-corrected chi connectivity index (χ4v) is 1.80. The van der Waals surface area contributed by atoms with Gasteiger partial charge in [0.25, 0.3) is 5.69 Å². The van der Waals surface area contributed by atoms with Gasteiger partial charge in [0.1, 0.15) is 11.9 Å². The van der Waals surface area contributed by atoms with Crippen LogP contribution in [0.1, 0.15) is 23.2 Å². The van der Waals surface area contributed by atoms with Crippen LogP contribution in [0.15, 0.2) is 18.2 Å². The number of rotatable bonds is 3. The summed E-state index contributed by atoms with van der Waals surface area (Å²) in [4.78, 5) is 32.3. The maximum absolute atomic E-state index is 11.8. The summed E-state index contributed by atoms with van der Waals surface area (Å²) < 4.78 is 5.32. The number of benzene rings is 1. The Morgan fingerprint density at radius 1 is 1.56 bits per heavy atom. The fraction of sp³-hybridized carbons (Fsp3) is 0.273. The Labute approximate surface area is 101 Å². The number of non-ortho nitro benzene ring substituents is 1. The van der Waals surface area contributed by atoms with Crippen LogP contribution in [0.25, 0.3) is 0 Å². The number of nitrogens with zero attached hydrogens (tertiary/aromatic N) is 1. The highest BCUT2D eigenvalue weighted by atomic mass is 16.6. The standard InChI is InChI=1S/C11H9NO6/c13-9-4-7(5-11(14)15)18-10-2-1-6(12(16)17)3-8(9)10/h1-3,7H,4-5H2,(H,14,15)/t7-/m0/s1. The average Bonchev–Trinajstić information content (AvgIpc) is 2.27. The molecule has 7 nitrogen and oxygen atoms in total. The summed E-state index contributed by atoms with van der Waals surface area (Å²) in [6.07, 6.45) is -1.08. The Morgan fingerprint density at radius 2 is 2.28 bits per heavy atom. The van der Waals surface area contributed by atoms with Gasteiger partial charge < -0.3 is 9.84 Å². The molecule has 94 valence electrons. The molecule has 1 aromatic carbocycles. The highest BCUT2D eigenvalue weighted by Crippen LogP contribution is 2.31. The molecule has 18 heavy (non-hydrogen) atoms. The molecule has 7 heteroatoms. The molecule has 0 aliphatic carbocycles. The Bertz CT molecular complexity index is 538. The molecule has 0 spiro atoms. The molecule has 0 saturated heterocycles. The first kappa shape index (κ1) is 12.0. The second kappa shape index (κ2) is 4.44. The van der Waals surface area contributed by atoms with Crippen molar-refractivity contribution in [3.8, 4) is 5.75 Å². The molecular weight excluding hydrogens is 242 g/mol. The Balaban J connectivity index is 2.30. The highest BCUT2D eigenvalue weighted by Gasteiger charge is 2.29. The van der Waals surface area contributed by atoms with Crippen molar-refractivity contribution in [2.45, 2.75) is 18.9 Å². The number of fused-ring (bicyclic) bond motifs is 1. The molecule has 0 unspecified atom stereocenters. The van der Waals surface area contributed by atoms with Gasteiger partial charge in [-0.05, 0) is 6.07 Å². The molecule has 0 bridgehead atoms. The normalized spacial score (nSPS) is 17.8. The van der Waals surface area contributed by atoms with Gasteiger partial charge in [-0.1, -0.05) is 0 Å². The number of carbonyl (C=O) groups is 2. The summed E-state index contributed by atoms with van der Waals surface area (Å²) in [7, 11) is 0. The molecule has 1 N–H and O–H groups in total. The Morgan fingerprint density at radius 3 is 2.89 bits per heavy atom. The van der Waals surface area contributed by atoms with E-state index in [1.165, 1.54) is 12.1 Å². The number of ether oxygens (including phenoxy) is 1. The molecular formula is C11H9NO6. The van der Waals surface area contributed by atoms with E-state index in [0.29, 0.717) is 0 Å². The SMILES string of the molecule is O=C(O)C[C@@H]1CC(=O)c2cc([N+](=O)[O-])ccc2O1. The third-order valence-electron chi connectivity index (χ3n) is 2.58. The van der Waals surface area contributed by atoms with Crippen molar-refractivity contribution in [3.63, 3.8) is 0 Å². The number of carboxylic acid groups (broad SMARTS) is 1. The van der Waals surface area contributed by atoms with Crippen LogP contribution in [-0.2, 0) is 4.79 Å². The van der Waals surface area contributed by atoms with Gasteiger partial charge in [-0.3, -0.25) is 19.7 Å². The molecule has 0 saturated carbocycles. The molecule has 1 heterocycles. The number of aliphatic carboxylic acids is 1. The van der Waals surface area contributed by atoms with Gasteiger partial charge in [0.15, 0.2) is 5.78 Å². The fourth-order valence-electron chi connectivity index (χ4n) is 1.80. The maximum atomic E-state index is 11.8. The minimum Gasteiger partial charge on any atom is -0.489 e. The van der Waals surface area contributed by atoms with E-state index in [-0.39, 0.29) is 35.6 Å². The molecule has 1 aliphatic rings. The van der Waals surface area contributed by atoms with Gasteiger partial charge in [-0.2, -0.15) is 0 Å². The van der Waals surface area contributed by atoms with Crippen molar-refractivity contribution >= 4 is 17.4 Å². The third kappa shape index (κ3) is 2.29. The second-order valence-corrected chi connectivity index (χ2v) is 3.90. The molecule has 0 aromatic heterocycles. The van der Waals surface area contributed by atoms with Gasteiger partial charge in [0.05, 0.1) is 16.9 Å². The van der Waals surface area contributed by atoms with Gasteiger partial charge in [-0.15, -0.1) is 0 Å². The van der Waals surface area contributed by atoms with E-state index in [0.717, 1.165) is 6.07 Å². The topological polar surface area (TPSA) is 107 Å². The van der Waals surface area contributed by atoms with Crippen molar-refractivity contribution < 1.29 is 24.4 Å². The summed E-state index contributed by atoms with van der Waals surface area (Å²) in [6.45, 7) is 0. The zero-order chi connectivity index (χ0) is 13.3. The highest BCUT2D eigenvalue weighted by molar-refractivity contribution is 6.00. The van der Waals surface area contributed by atoms with E-state index in [9.17, 15) is 19.7 Å². The minimum atomic E-state index is -1.06. The molecule has 1 aliphatic heterocycles. The van der Waals surface area contributed by atoms with Crippen LogP contribution in [0.4, 0.5) is 5.69 Å². The van der Waals surface area contributed by atoms with E-state index < -0.39 is 17.0 Å². The molecule has 0 fully saturated rings. The lowest BCUT2D eigenvalue weighted by Crippen LogP contribution is -2.29. The second-order valence-electron chi connectivity index (χ2n) is 3.90.